The highest BCUT2D eigenvalue weighted by molar-refractivity contribution is 14.2. The third-order valence-corrected chi connectivity index (χ3v) is 6.16. The van der Waals surface area contributed by atoms with Crippen molar-refractivity contribution in [2.24, 2.45) is 0 Å². The second-order valence-corrected chi connectivity index (χ2v) is 11.8. The fraction of sp³-hybridized carbons (Fsp3) is 1.00. The van der Waals surface area contributed by atoms with E-state index in [-0.39, 0.29) is 7.20 Å². The molecule has 0 spiro atoms. The topological polar surface area (TPSA) is 12.0 Å². The van der Waals surface area contributed by atoms with Gasteiger partial charge in [-0.05, 0) is 39.0 Å². The first-order valence-electron chi connectivity index (χ1n) is 2.85. The van der Waals surface area contributed by atoms with Gasteiger partial charge in [0.05, 0.1) is 0 Å². The van der Waals surface area contributed by atoms with Crippen LogP contribution in [0.5, 0.6) is 0 Å². The van der Waals surface area contributed by atoms with E-state index in [1.807, 2.05) is 0 Å². The van der Waals surface area contributed by atoms with Crippen molar-refractivity contribution in [2.75, 3.05) is 30.9 Å². The molecule has 0 saturated carbocycles. The van der Waals surface area contributed by atoms with Crippen LogP contribution in [0.1, 0.15) is 0 Å². The van der Waals surface area contributed by atoms with Crippen molar-refractivity contribution in [3.05, 3.63) is 0 Å². The number of halogens is 1. The van der Waals surface area contributed by atoms with Crippen LogP contribution in [0.25, 0.3) is 0 Å². The summed E-state index contributed by atoms with van der Waals surface area (Å²) in [6.45, 7) is 2.49. The zero-order valence-corrected chi connectivity index (χ0v) is 8.09. The molecule has 0 radical (unpaired) electrons. The average Bonchev–Trinajstić information content (AvgIpc) is 1.65. The van der Waals surface area contributed by atoms with Crippen LogP contribution in [0.3, 0.4) is 0 Å². The Hall–Kier alpha value is 1.04. The minimum absolute atomic E-state index is 0.175. The first-order valence-corrected chi connectivity index (χ1v) is 7.77. The zero-order chi connectivity index (χ0) is 6.04. The maximum Gasteiger partial charge on any atom is 0.00347 e. The van der Waals surface area contributed by atoms with E-state index < -0.39 is 0 Å². The monoisotopic (exact) mass is 245 g/mol. The standard InChI is InChI=1S/C5H12INS/c1-8(6)4-2-7-3-5-8/h7H,2-5H2,1H3. The van der Waals surface area contributed by atoms with E-state index in [0.717, 1.165) is 0 Å². The van der Waals surface area contributed by atoms with Gasteiger partial charge in [0.2, 0.25) is 0 Å². The van der Waals surface area contributed by atoms with Gasteiger partial charge in [0.15, 0.2) is 0 Å². The smallest absolute Gasteiger partial charge is 0.00347 e. The van der Waals surface area contributed by atoms with Gasteiger partial charge in [0.1, 0.15) is 0 Å². The predicted octanol–water partition coefficient (Wildman–Crippen LogP) is 1.37. The van der Waals surface area contributed by atoms with Crippen LogP contribution in [0.15, 0.2) is 0 Å². The Morgan fingerprint density at radius 3 is 2.12 bits per heavy atom. The number of rotatable bonds is 0. The second kappa shape index (κ2) is 2.75. The Balaban J connectivity index is 2.33. The van der Waals surface area contributed by atoms with E-state index in [0.29, 0.717) is 0 Å². The molecule has 0 aromatic rings. The molecule has 8 heavy (non-hydrogen) atoms. The van der Waals surface area contributed by atoms with E-state index in [1.165, 1.54) is 24.6 Å². The van der Waals surface area contributed by atoms with Crippen molar-refractivity contribution in [2.45, 2.75) is 0 Å². The minimum atomic E-state index is -0.175. The predicted molar refractivity (Wildman–Crippen MR) is 50.1 cm³/mol. The normalized spacial score (nSPS) is 31.8. The van der Waals surface area contributed by atoms with Crippen molar-refractivity contribution in [3.8, 4) is 0 Å². The molecule has 0 atom stereocenters. The number of nitrogens with one attached hydrogen (secondary N) is 1. The quantitative estimate of drug-likeness (QED) is 0.636. The Labute approximate surface area is 64.5 Å². The van der Waals surface area contributed by atoms with Crippen LogP contribution < -0.4 is 5.32 Å². The van der Waals surface area contributed by atoms with Gasteiger partial charge >= 0.3 is 0 Å². The summed E-state index contributed by atoms with van der Waals surface area (Å²) in [6, 6.07) is 0. The van der Waals surface area contributed by atoms with E-state index in [2.05, 4.69) is 32.8 Å². The molecule has 0 amide bonds. The minimum Gasteiger partial charge on any atom is -0.315 e. The van der Waals surface area contributed by atoms with Gasteiger partial charge in [0.25, 0.3) is 0 Å². The van der Waals surface area contributed by atoms with E-state index in [4.69, 9.17) is 0 Å². The summed E-state index contributed by atoms with van der Waals surface area (Å²) < 4.78 is 0. The Morgan fingerprint density at radius 1 is 1.38 bits per heavy atom. The third kappa shape index (κ3) is 2.11. The Morgan fingerprint density at radius 2 is 1.88 bits per heavy atom. The van der Waals surface area contributed by atoms with Gasteiger partial charge in [-0.1, -0.05) is 0 Å². The number of hydrogen-bond acceptors (Lipinski definition) is 1. The van der Waals surface area contributed by atoms with Crippen LogP contribution in [0, 0.1) is 0 Å². The van der Waals surface area contributed by atoms with E-state index >= 15 is 0 Å². The molecule has 1 aliphatic heterocycles. The lowest BCUT2D eigenvalue weighted by molar-refractivity contribution is 0.752. The van der Waals surface area contributed by atoms with Gasteiger partial charge in [-0.3, -0.25) is 0 Å². The molecule has 3 heteroatoms. The Kier molecular flexibility index (Phi) is 2.46. The Bertz CT molecular complexity index is 76.5. The summed E-state index contributed by atoms with van der Waals surface area (Å²) in [5, 5.41) is 3.36. The summed E-state index contributed by atoms with van der Waals surface area (Å²) in [5.41, 5.74) is 0. The summed E-state index contributed by atoms with van der Waals surface area (Å²) in [7, 11) is -0.175. The molecule has 1 fully saturated rings. The first kappa shape index (κ1) is 7.15. The summed E-state index contributed by atoms with van der Waals surface area (Å²) in [4.78, 5) is 0. The molecular weight excluding hydrogens is 233 g/mol. The van der Waals surface area contributed by atoms with Crippen molar-refractivity contribution in [1.82, 2.24) is 5.32 Å². The van der Waals surface area contributed by atoms with Gasteiger partial charge in [0, 0.05) is 13.1 Å². The molecule has 1 saturated heterocycles. The molecule has 1 nitrogen and oxygen atoms in total. The summed E-state index contributed by atoms with van der Waals surface area (Å²) in [5.74, 6) is 2.82. The van der Waals surface area contributed by atoms with E-state index in [9.17, 15) is 0 Å². The molecule has 0 aliphatic carbocycles. The second-order valence-electron chi connectivity index (χ2n) is 2.31. The molecule has 0 aromatic heterocycles. The average molecular weight is 245 g/mol. The maximum absolute atomic E-state index is 3.36. The fourth-order valence-corrected chi connectivity index (χ4v) is 3.46. The van der Waals surface area contributed by atoms with Crippen molar-refractivity contribution < 1.29 is 0 Å². The molecular formula is C5H12INS. The summed E-state index contributed by atoms with van der Waals surface area (Å²) >= 11 is 2.63. The number of hydrogen-bond donors (Lipinski definition) is 1. The third-order valence-electron chi connectivity index (χ3n) is 1.41. The molecule has 1 aliphatic rings. The van der Waals surface area contributed by atoms with E-state index in [1.54, 1.807) is 0 Å². The van der Waals surface area contributed by atoms with Gasteiger partial charge in [-0.2, -0.15) is 7.20 Å². The van der Waals surface area contributed by atoms with Crippen LogP contribution in [-0.2, 0) is 0 Å². The zero-order valence-electron chi connectivity index (χ0n) is 5.11. The maximum atomic E-state index is 3.36. The highest BCUT2D eigenvalue weighted by atomic mass is 127. The summed E-state index contributed by atoms with van der Waals surface area (Å²) in [6.07, 6.45) is 2.41. The van der Waals surface area contributed by atoms with Gasteiger partial charge in [-0.25, -0.2) is 0 Å². The molecule has 0 aromatic carbocycles. The molecule has 0 unspecified atom stereocenters. The lowest BCUT2D eigenvalue weighted by Crippen LogP contribution is -2.30. The highest BCUT2D eigenvalue weighted by Crippen LogP contribution is 2.52. The van der Waals surface area contributed by atoms with Crippen LogP contribution in [0.4, 0.5) is 0 Å². The van der Waals surface area contributed by atoms with Gasteiger partial charge in [-0.15, -0.1) is 0 Å². The lowest BCUT2D eigenvalue weighted by atomic mass is 10.6. The van der Waals surface area contributed by atoms with Crippen LogP contribution in [-0.4, -0.2) is 30.9 Å². The molecule has 0 bridgehead atoms. The molecule has 50 valence electrons. The lowest BCUT2D eigenvalue weighted by Gasteiger charge is -2.33. The van der Waals surface area contributed by atoms with Crippen molar-refractivity contribution in [3.63, 3.8) is 0 Å². The largest absolute Gasteiger partial charge is 0.315 e. The van der Waals surface area contributed by atoms with Crippen molar-refractivity contribution >= 4 is 28.4 Å². The van der Waals surface area contributed by atoms with Gasteiger partial charge < -0.3 is 5.32 Å². The fourth-order valence-electron chi connectivity index (χ4n) is 0.797. The molecule has 1 N–H and O–H groups in total. The SMILES string of the molecule is CS1(I)CCNCC1. The van der Waals surface area contributed by atoms with Crippen LogP contribution >= 0.6 is 28.4 Å². The van der Waals surface area contributed by atoms with Crippen molar-refractivity contribution in [1.29, 1.82) is 0 Å². The molecule has 1 rings (SSSR count). The van der Waals surface area contributed by atoms with Crippen LogP contribution in [0.2, 0.25) is 0 Å². The first-order chi connectivity index (χ1) is 3.71. The highest BCUT2D eigenvalue weighted by Gasteiger charge is 2.16. The molecule has 1 heterocycles.